The number of halogens is 1. The summed E-state index contributed by atoms with van der Waals surface area (Å²) in [5, 5.41) is 3.30. The second kappa shape index (κ2) is 7.40. The molecule has 1 amide bonds. The van der Waals surface area contributed by atoms with Crippen LogP contribution in [-0.4, -0.2) is 31.2 Å². The van der Waals surface area contributed by atoms with Gasteiger partial charge in [-0.05, 0) is 29.8 Å². The number of carbonyl (C=O) groups is 1. The molecule has 0 bridgehead atoms. The van der Waals surface area contributed by atoms with Crippen LogP contribution in [0.3, 0.4) is 0 Å². The molecular weight excluding hydrogens is 332 g/mol. The first kappa shape index (κ1) is 16.4. The molecule has 0 unspecified atom stereocenters. The summed E-state index contributed by atoms with van der Waals surface area (Å²) in [6.07, 6.45) is 2.37. The summed E-state index contributed by atoms with van der Waals surface area (Å²) in [6.45, 7) is 1.45. The van der Waals surface area contributed by atoms with E-state index < -0.39 is 0 Å². The summed E-state index contributed by atoms with van der Waals surface area (Å²) in [7, 11) is 1.47. The Hall–Kier alpha value is -2.47. The van der Waals surface area contributed by atoms with Gasteiger partial charge in [0.15, 0.2) is 11.5 Å². The zero-order chi connectivity index (χ0) is 16.9. The van der Waals surface area contributed by atoms with Gasteiger partial charge in [-0.3, -0.25) is 4.79 Å². The van der Waals surface area contributed by atoms with Crippen molar-refractivity contribution in [3.8, 4) is 17.4 Å². The number of pyridine rings is 1. The van der Waals surface area contributed by atoms with Gasteiger partial charge in [0.1, 0.15) is 5.56 Å². The van der Waals surface area contributed by atoms with Crippen molar-refractivity contribution in [1.29, 1.82) is 0 Å². The van der Waals surface area contributed by atoms with Crippen LogP contribution < -0.4 is 19.5 Å². The number of rotatable bonds is 4. The SMILES string of the molecule is COc1ncccc1C(=O)NCc1cc(Cl)c2c(c1)OCCCO2. The van der Waals surface area contributed by atoms with E-state index in [9.17, 15) is 4.79 Å². The molecule has 0 saturated heterocycles. The largest absolute Gasteiger partial charge is 0.489 e. The highest BCUT2D eigenvalue weighted by Gasteiger charge is 2.17. The minimum absolute atomic E-state index is 0.275. The first-order valence-corrected chi connectivity index (χ1v) is 7.92. The van der Waals surface area contributed by atoms with Gasteiger partial charge in [-0.2, -0.15) is 0 Å². The standard InChI is InChI=1S/C17H17ClN2O4/c1-22-17-12(4-2-5-19-17)16(21)20-10-11-8-13(18)15-14(9-11)23-6-3-7-24-15/h2,4-5,8-9H,3,6-7,10H2,1H3,(H,20,21). The molecule has 1 aromatic carbocycles. The minimum Gasteiger partial charge on any atom is -0.489 e. The van der Waals surface area contributed by atoms with E-state index in [2.05, 4.69) is 10.3 Å². The van der Waals surface area contributed by atoms with Crippen LogP contribution in [0.5, 0.6) is 17.4 Å². The first-order chi connectivity index (χ1) is 11.7. The van der Waals surface area contributed by atoms with Crippen molar-refractivity contribution < 1.29 is 19.0 Å². The molecule has 0 fully saturated rings. The van der Waals surface area contributed by atoms with Crippen LogP contribution in [0, 0.1) is 0 Å². The number of nitrogens with zero attached hydrogens (tertiary/aromatic N) is 1. The molecule has 7 heteroatoms. The summed E-state index contributed by atoms with van der Waals surface area (Å²) < 4.78 is 16.3. The molecular formula is C17H17ClN2O4. The Morgan fingerprint density at radius 3 is 3.04 bits per heavy atom. The Labute approximate surface area is 144 Å². The maximum absolute atomic E-state index is 12.3. The number of ether oxygens (including phenoxy) is 3. The van der Waals surface area contributed by atoms with Gasteiger partial charge in [0.25, 0.3) is 5.91 Å². The Balaban J connectivity index is 1.74. The quantitative estimate of drug-likeness (QED) is 0.920. The summed E-state index contributed by atoms with van der Waals surface area (Å²) in [4.78, 5) is 16.3. The van der Waals surface area contributed by atoms with E-state index in [-0.39, 0.29) is 11.8 Å². The van der Waals surface area contributed by atoms with Crippen LogP contribution in [0.4, 0.5) is 0 Å². The second-order valence-corrected chi connectivity index (χ2v) is 5.61. The number of methoxy groups -OCH3 is 1. The summed E-state index contributed by atoms with van der Waals surface area (Å²) >= 11 is 6.25. The molecule has 1 aliphatic heterocycles. The van der Waals surface area contributed by atoms with Crippen molar-refractivity contribution in [2.45, 2.75) is 13.0 Å². The zero-order valence-electron chi connectivity index (χ0n) is 13.2. The summed E-state index contributed by atoms with van der Waals surface area (Å²) in [5.74, 6) is 1.16. The van der Waals surface area contributed by atoms with Crippen LogP contribution in [0.2, 0.25) is 5.02 Å². The Bertz CT molecular complexity index is 751. The van der Waals surface area contributed by atoms with Gasteiger partial charge in [-0.15, -0.1) is 0 Å². The van der Waals surface area contributed by atoms with Gasteiger partial charge < -0.3 is 19.5 Å². The summed E-state index contributed by atoms with van der Waals surface area (Å²) in [5.41, 5.74) is 1.20. The average molecular weight is 349 g/mol. The second-order valence-electron chi connectivity index (χ2n) is 5.20. The average Bonchev–Trinajstić information content (AvgIpc) is 2.85. The molecule has 0 aliphatic carbocycles. The lowest BCUT2D eigenvalue weighted by Crippen LogP contribution is -2.23. The van der Waals surface area contributed by atoms with Crippen LogP contribution in [0.15, 0.2) is 30.5 Å². The Kier molecular flexibility index (Phi) is 5.05. The Morgan fingerprint density at radius 1 is 1.38 bits per heavy atom. The van der Waals surface area contributed by atoms with Gasteiger partial charge in [0, 0.05) is 19.2 Å². The maximum Gasteiger partial charge on any atom is 0.257 e. The molecule has 2 heterocycles. The molecule has 0 saturated carbocycles. The van der Waals surface area contributed by atoms with E-state index in [0.717, 1.165) is 12.0 Å². The normalized spacial score (nSPS) is 13.1. The van der Waals surface area contributed by atoms with Crippen molar-refractivity contribution in [2.75, 3.05) is 20.3 Å². The van der Waals surface area contributed by atoms with E-state index in [1.165, 1.54) is 7.11 Å². The maximum atomic E-state index is 12.3. The number of fused-ring (bicyclic) bond motifs is 1. The topological polar surface area (TPSA) is 69.7 Å². The highest BCUT2D eigenvalue weighted by molar-refractivity contribution is 6.32. The lowest BCUT2D eigenvalue weighted by Gasteiger charge is -2.12. The smallest absolute Gasteiger partial charge is 0.257 e. The number of hydrogen-bond acceptors (Lipinski definition) is 5. The number of hydrogen-bond donors (Lipinski definition) is 1. The minimum atomic E-state index is -0.275. The van der Waals surface area contributed by atoms with Crippen LogP contribution in [0.25, 0.3) is 0 Å². The molecule has 0 atom stereocenters. The molecule has 126 valence electrons. The monoisotopic (exact) mass is 348 g/mol. The first-order valence-electron chi connectivity index (χ1n) is 7.54. The van der Waals surface area contributed by atoms with Crippen molar-refractivity contribution in [3.05, 3.63) is 46.6 Å². The van der Waals surface area contributed by atoms with Crippen molar-refractivity contribution in [3.63, 3.8) is 0 Å². The fourth-order valence-electron chi connectivity index (χ4n) is 2.39. The molecule has 0 spiro atoms. The fraction of sp³-hybridized carbons (Fsp3) is 0.294. The number of aromatic nitrogens is 1. The van der Waals surface area contributed by atoms with E-state index in [1.807, 2.05) is 6.07 Å². The van der Waals surface area contributed by atoms with Gasteiger partial charge >= 0.3 is 0 Å². The molecule has 2 aromatic rings. The number of carbonyl (C=O) groups excluding carboxylic acids is 1. The fourth-order valence-corrected chi connectivity index (χ4v) is 2.68. The zero-order valence-corrected chi connectivity index (χ0v) is 13.9. The number of nitrogens with one attached hydrogen (secondary N) is 1. The van der Waals surface area contributed by atoms with Crippen LogP contribution >= 0.6 is 11.6 Å². The molecule has 1 aromatic heterocycles. The highest BCUT2D eigenvalue weighted by Crippen LogP contribution is 2.37. The van der Waals surface area contributed by atoms with Gasteiger partial charge in [-0.25, -0.2) is 4.98 Å². The lowest BCUT2D eigenvalue weighted by molar-refractivity contribution is 0.0947. The van der Waals surface area contributed by atoms with Gasteiger partial charge in [-0.1, -0.05) is 11.6 Å². The van der Waals surface area contributed by atoms with Gasteiger partial charge in [0.05, 0.1) is 25.3 Å². The lowest BCUT2D eigenvalue weighted by atomic mass is 10.2. The number of benzene rings is 1. The van der Waals surface area contributed by atoms with E-state index >= 15 is 0 Å². The third-order valence-corrected chi connectivity index (χ3v) is 3.80. The molecule has 6 nitrogen and oxygen atoms in total. The van der Waals surface area contributed by atoms with Gasteiger partial charge in [0.2, 0.25) is 5.88 Å². The third-order valence-electron chi connectivity index (χ3n) is 3.52. The molecule has 1 aliphatic rings. The predicted molar refractivity (Wildman–Crippen MR) is 89.0 cm³/mol. The third kappa shape index (κ3) is 3.54. The Morgan fingerprint density at radius 2 is 2.21 bits per heavy atom. The highest BCUT2D eigenvalue weighted by atomic mass is 35.5. The van der Waals surface area contributed by atoms with Crippen molar-refractivity contribution >= 4 is 17.5 Å². The molecule has 0 radical (unpaired) electrons. The van der Waals surface area contributed by atoms with E-state index in [4.69, 9.17) is 25.8 Å². The van der Waals surface area contributed by atoms with E-state index in [0.29, 0.717) is 41.8 Å². The molecule has 24 heavy (non-hydrogen) atoms. The predicted octanol–water partition coefficient (Wildman–Crippen LogP) is 2.83. The van der Waals surface area contributed by atoms with E-state index in [1.54, 1.807) is 24.4 Å². The molecule has 1 N–H and O–H groups in total. The van der Waals surface area contributed by atoms with Crippen LogP contribution in [0.1, 0.15) is 22.3 Å². The summed E-state index contributed by atoms with van der Waals surface area (Å²) in [6, 6.07) is 6.92. The van der Waals surface area contributed by atoms with Crippen molar-refractivity contribution in [2.24, 2.45) is 0 Å². The van der Waals surface area contributed by atoms with Crippen LogP contribution in [-0.2, 0) is 6.54 Å². The molecule has 3 rings (SSSR count). The number of amides is 1. The van der Waals surface area contributed by atoms with Crippen molar-refractivity contribution in [1.82, 2.24) is 10.3 Å².